The average Bonchev–Trinajstić information content (AvgIpc) is 3.15. The van der Waals surface area contributed by atoms with E-state index >= 15 is 0 Å². The Morgan fingerprint density at radius 1 is 1.08 bits per heavy atom. The summed E-state index contributed by atoms with van der Waals surface area (Å²) in [5, 5.41) is 10.7. The fourth-order valence-electron chi connectivity index (χ4n) is 3.85. The van der Waals surface area contributed by atoms with Gasteiger partial charge in [-0.15, -0.1) is 0 Å². The molecule has 2 aliphatic rings. The first-order valence-corrected chi connectivity index (χ1v) is 10.4. The predicted octanol–water partition coefficient (Wildman–Crippen LogP) is 2.53. The van der Waals surface area contributed by atoms with Gasteiger partial charge in [-0.1, -0.05) is 12.8 Å². The van der Waals surface area contributed by atoms with Crippen LogP contribution in [0.3, 0.4) is 0 Å². The van der Waals surface area contributed by atoms with Gasteiger partial charge in [0.25, 0.3) is 5.69 Å². The normalized spacial score (nSPS) is 20.8. The van der Waals surface area contributed by atoms with Crippen LogP contribution in [0.25, 0.3) is 0 Å². The molecule has 8 heteroatoms. The van der Waals surface area contributed by atoms with E-state index in [9.17, 15) is 18.5 Å². The van der Waals surface area contributed by atoms with Crippen LogP contribution in [0.15, 0.2) is 29.2 Å². The van der Waals surface area contributed by atoms with E-state index in [2.05, 4.69) is 9.62 Å². The van der Waals surface area contributed by atoms with Crippen molar-refractivity contribution in [3.8, 4) is 0 Å². The van der Waals surface area contributed by atoms with Gasteiger partial charge in [0.2, 0.25) is 10.0 Å². The highest BCUT2D eigenvalue weighted by Gasteiger charge is 2.27. The molecule has 1 aromatic carbocycles. The summed E-state index contributed by atoms with van der Waals surface area (Å²) in [6.45, 7) is 2.53. The van der Waals surface area contributed by atoms with Gasteiger partial charge in [-0.2, -0.15) is 0 Å². The van der Waals surface area contributed by atoms with Gasteiger partial charge in [-0.25, -0.2) is 13.1 Å². The lowest BCUT2D eigenvalue weighted by Gasteiger charge is -2.36. The molecule has 1 aliphatic carbocycles. The third-order valence-electron chi connectivity index (χ3n) is 5.41. The number of nitrogens with one attached hydrogen (secondary N) is 1. The minimum atomic E-state index is -3.62. The smallest absolute Gasteiger partial charge is 0.269 e. The third kappa shape index (κ3) is 4.56. The van der Waals surface area contributed by atoms with Gasteiger partial charge in [-0.05, 0) is 56.8 Å². The third-order valence-corrected chi connectivity index (χ3v) is 6.85. The lowest BCUT2D eigenvalue weighted by atomic mass is 9.96. The zero-order valence-electron chi connectivity index (χ0n) is 14.3. The molecule has 1 aromatic rings. The van der Waals surface area contributed by atoms with Crippen molar-refractivity contribution in [2.45, 2.75) is 49.5 Å². The zero-order valence-corrected chi connectivity index (χ0v) is 15.1. The first-order valence-electron chi connectivity index (χ1n) is 8.94. The lowest BCUT2D eigenvalue weighted by molar-refractivity contribution is -0.384. The van der Waals surface area contributed by atoms with E-state index < -0.39 is 14.9 Å². The minimum absolute atomic E-state index is 0.0708. The molecule has 3 rings (SSSR count). The summed E-state index contributed by atoms with van der Waals surface area (Å²) >= 11 is 0. The van der Waals surface area contributed by atoms with Gasteiger partial charge in [0.15, 0.2) is 0 Å². The molecule has 2 fully saturated rings. The number of nitro benzene ring substituents is 1. The maximum Gasteiger partial charge on any atom is 0.269 e. The van der Waals surface area contributed by atoms with Crippen LogP contribution < -0.4 is 4.72 Å². The fraction of sp³-hybridized carbons (Fsp3) is 0.647. The summed E-state index contributed by atoms with van der Waals surface area (Å²) in [5.41, 5.74) is -0.113. The molecule has 7 nitrogen and oxygen atoms in total. The summed E-state index contributed by atoms with van der Waals surface area (Å²) in [7, 11) is -3.62. The number of hydrogen-bond acceptors (Lipinski definition) is 5. The maximum absolute atomic E-state index is 12.3. The second-order valence-corrected chi connectivity index (χ2v) is 8.79. The Morgan fingerprint density at radius 2 is 1.68 bits per heavy atom. The summed E-state index contributed by atoms with van der Waals surface area (Å²) in [4.78, 5) is 12.7. The molecule has 0 amide bonds. The summed E-state index contributed by atoms with van der Waals surface area (Å²) in [6, 6.07) is 5.73. The molecule has 0 bridgehead atoms. The van der Waals surface area contributed by atoms with E-state index in [1.54, 1.807) is 0 Å². The van der Waals surface area contributed by atoms with Crippen molar-refractivity contribution in [3.63, 3.8) is 0 Å². The Labute approximate surface area is 148 Å². The van der Waals surface area contributed by atoms with E-state index in [0.29, 0.717) is 12.5 Å². The molecule has 1 saturated carbocycles. The van der Waals surface area contributed by atoms with Crippen LogP contribution in [-0.4, -0.2) is 43.9 Å². The molecule has 1 heterocycles. The van der Waals surface area contributed by atoms with Gasteiger partial charge in [0, 0.05) is 24.7 Å². The summed E-state index contributed by atoms with van der Waals surface area (Å²) < 4.78 is 27.3. The minimum Gasteiger partial charge on any atom is -0.300 e. The van der Waals surface area contributed by atoms with Crippen LogP contribution >= 0.6 is 0 Å². The highest BCUT2D eigenvalue weighted by atomic mass is 32.2. The average molecular weight is 367 g/mol. The molecule has 1 saturated heterocycles. The van der Waals surface area contributed by atoms with Gasteiger partial charge >= 0.3 is 0 Å². The van der Waals surface area contributed by atoms with E-state index in [4.69, 9.17) is 0 Å². The van der Waals surface area contributed by atoms with Crippen molar-refractivity contribution in [3.05, 3.63) is 34.4 Å². The molecular weight excluding hydrogens is 342 g/mol. The first-order chi connectivity index (χ1) is 12.0. The molecule has 0 spiro atoms. The van der Waals surface area contributed by atoms with Gasteiger partial charge in [0.05, 0.1) is 9.82 Å². The Balaban J connectivity index is 1.50. The SMILES string of the molecule is O=[N+]([O-])c1ccc(S(=O)(=O)NCC2CCN(C3CCCC3)CC2)cc1. The molecule has 138 valence electrons. The van der Waals surface area contributed by atoms with Crippen LogP contribution in [0.5, 0.6) is 0 Å². The molecule has 1 N–H and O–H groups in total. The highest BCUT2D eigenvalue weighted by Crippen LogP contribution is 2.27. The number of rotatable bonds is 6. The molecule has 0 aromatic heterocycles. The molecular formula is C17H25N3O4S. The van der Waals surface area contributed by atoms with Crippen molar-refractivity contribution in [2.24, 2.45) is 5.92 Å². The Bertz CT molecular complexity index is 691. The van der Waals surface area contributed by atoms with Crippen LogP contribution in [0.1, 0.15) is 38.5 Å². The first kappa shape index (κ1) is 18.3. The summed E-state index contributed by atoms with van der Waals surface area (Å²) in [6.07, 6.45) is 7.30. The Kier molecular flexibility index (Phi) is 5.71. The second kappa shape index (κ2) is 7.80. The van der Waals surface area contributed by atoms with Crippen molar-refractivity contribution >= 4 is 15.7 Å². The number of piperidine rings is 1. The second-order valence-electron chi connectivity index (χ2n) is 7.02. The number of sulfonamides is 1. The summed E-state index contributed by atoms with van der Waals surface area (Å²) in [5.74, 6) is 0.352. The zero-order chi connectivity index (χ0) is 17.9. The Morgan fingerprint density at radius 3 is 2.24 bits per heavy atom. The van der Waals surface area contributed by atoms with Crippen LogP contribution in [0.2, 0.25) is 0 Å². The fourth-order valence-corrected chi connectivity index (χ4v) is 4.97. The van der Waals surface area contributed by atoms with Crippen LogP contribution in [0.4, 0.5) is 5.69 Å². The topological polar surface area (TPSA) is 92.5 Å². The van der Waals surface area contributed by atoms with Gasteiger partial charge < -0.3 is 4.90 Å². The van der Waals surface area contributed by atoms with E-state index in [1.165, 1.54) is 49.9 Å². The Hall–Kier alpha value is -1.51. The van der Waals surface area contributed by atoms with Crippen molar-refractivity contribution in [2.75, 3.05) is 19.6 Å². The van der Waals surface area contributed by atoms with Crippen LogP contribution in [-0.2, 0) is 10.0 Å². The van der Waals surface area contributed by atoms with Gasteiger partial charge in [0.1, 0.15) is 0 Å². The highest BCUT2D eigenvalue weighted by molar-refractivity contribution is 7.89. The number of nitro groups is 1. The molecule has 25 heavy (non-hydrogen) atoms. The molecule has 1 aliphatic heterocycles. The van der Waals surface area contributed by atoms with Gasteiger partial charge in [-0.3, -0.25) is 10.1 Å². The number of nitrogens with zero attached hydrogens (tertiary/aromatic N) is 2. The largest absolute Gasteiger partial charge is 0.300 e. The van der Waals surface area contributed by atoms with E-state index in [1.807, 2.05) is 0 Å². The molecule has 0 radical (unpaired) electrons. The van der Waals surface area contributed by atoms with E-state index in [0.717, 1.165) is 32.0 Å². The van der Waals surface area contributed by atoms with Crippen molar-refractivity contribution < 1.29 is 13.3 Å². The van der Waals surface area contributed by atoms with Crippen LogP contribution in [0, 0.1) is 16.0 Å². The quantitative estimate of drug-likeness (QED) is 0.616. The molecule has 0 unspecified atom stereocenters. The number of likely N-dealkylation sites (tertiary alicyclic amines) is 1. The lowest BCUT2D eigenvalue weighted by Crippen LogP contribution is -2.42. The molecule has 0 atom stereocenters. The maximum atomic E-state index is 12.3. The standard InChI is InChI=1S/C17H25N3O4S/c21-20(22)16-5-7-17(8-6-16)25(23,24)18-13-14-9-11-19(12-10-14)15-3-1-2-4-15/h5-8,14-15,18H,1-4,9-13H2. The number of non-ortho nitro benzene ring substituents is 1. The monoisotopic (exact) mass is 367 g/mol. The van der Waals surface area contributed by atoms with Crippen molar-refractivity contribution in [1.29, 1.82) is 0 Å². The number of hydrogen-bond donors (Lipinski definition) is 1. The predicted molar refractivity (Wildman–Crippen MR) is 94.8 cm³/mol. The van der Waals surface area contributed by atoms with E-state index in [-0.39, 0.29) is 10.6 Å². The van der Waals surface area contributed by atoms with Crippen molar-refractivity contribution in [1.82, 2.24) is 9.62 Å². The number of benzene rings is 1.